The Morgan fingerprint density at radius 3 is 2.45 bits per heavy atom. The summed E-state index contributed by atoms with van der Waals surface area (Å²) in [6.45, 7) is 10.8. The molecule has 0 radical (unpaired) electrons. The van der Waals surface area contributed by atoms with E-state index in [1.165, 1.54) is 64.5 Å². The van der Waals surface area contributed by atoms with Crippen LogP contribution in [0.15, 0.2) is 0 Å². The number of rotatable bonds is 7. The van der Waals surface area contributed by atoms with Gasteiger partial charge in [0.1, 0.15) is 0 Å². The zero-order valence-corrected chi connectivity index (χ0v) is 14.0. The van der Waals surface area contributed by atoms with Crippen LogP contribution in [0.5, 0.6) is 0 Å². The molecule has 0 amide bonds. The maximum Gasteiger partial charge on any atom is 0.0246 e. The van der Waals surface area contributed by atoms with Gasteiger partial charge in [0.15, 0.2) is 0 Å². The van der Waals surface area contributed by atoms with Crippen LogP contribution in [0.25, 0.3) is 0 Å². The molecule has 2 rings (SSSR count). The fourth-order valence-corrected chi connectivity index (χ4v) is 4.73. The Morgan fingerprint density at radius 2 is 1.80 bits per heavy atom. The molecular weight excluding hydrogens is 244 g/mol. The van der Waals surface area contributed by atoms with Gasteiger partial charge in [-0.25, -0.2) is 0 Å². The number of likely N-dealkylation sites (tertiary alicyclic amines) is 1. The summed E-state index contributed by atoms with van der Waals surface area (Å²) < 4.78 is 0. The van der Waals surface area contributed by atoms with Crippen LogP contribution in [-0.4, -0.2) is 36.6 Å². The lowest BCUT2D eigenvalue weighted by atomic mass is 9.74. The minimum Gasteiger partial charge on any atom is -0.313 e. The maximum absolute atomic E-state index is 3.76. The van der Waals surface area contributed by atoms with Gasteiger partial charge in [-0.2, -0.15) is 0 Å². The number of nitrogens with zero attached hydrogens (tertiary/aromatic N) is 1. The second-order valence-corrected chi connectivity index (χ2v) is 7.02. The van der Waals surface area contributed by atoms with E-state index in [1.807, 2.05) is 0 Å². The number of hydrogen-bond donors (Lipinski definition) is 1. The van der Waals surface area contributed by atoms with Crippen molar-refractivity contribution in [1.29, 1.82) is 0 Å². The lowest BCUT2D eigenvalue weighted by Gasteiger charge is -2.46. The standard InChI is InChI=1S/C18H36N2/c1-4-9-17(19-6-3)18(5-2)20-13-12-15-10-7-8-11-16(15)14-20/h15-19H,4-14H2,1-3H3. The third kappa shape index (κ3) is 3.98. The van der Waals surface area contributed by atoms with Gasteiger partial charge in [0, 0.05) is 18.6 Å². The molecule has 0 bridgehead atoms. The molecular formula is C18H36N2. The third-order valence-corrected chi connectivity index (χ3v) is 5.74. The quantitative estimate of drug-likeness (QED) is 0.756. The van der Waals surface area contributed by atoms with E-state index in [9.17, 15) is 0 Å². The van der Waals surface area contributed by atoms with Crippen LogP contribution in [0.1, 0.15) is 72.1 Å². The highest BCUT2D eigenvalue weighted by atomic mass is 15.2. The molecule has 0 aromatic carbocycles. The van der Waals surface area contributed by atoms with Crippen LogP contribution in [-0.2, 0) is 0 Å². The minimum absolute atomic E-state index is 0.704. The van der Waals surface area contributed by atoms with Gasteiger partial charge in [0.05, 0.1) is 0 Å². The predicted molar refractivity (Wildman–Crippen MR) is 88.1 cm³/mol. The highest BCUT2D eigenvalue weighted by Crippen LogP contribution is 2.37. The van der Waals surface area contributed by atoms with Crippen molar-refractivity contribution in [2.75, 3.05) is 19.6 Å². The summed E-state index contributed by atoms with van der Waals surface area (Å²) in [5.74, 6) is 2.07. The van der Waals surface area contributed by atoms with Gasteiger partial charge in [0.2, 0.25) is 0 Å². The van der Waals surface area contributed by atoms with E-state index in [0.29, 0.717) is 6.04 Å². The normalized spacial score (nSPS) is 30.8. The molecule has 2 aliphatic rings. The summed E-state index contributed by atoms with van der Waals surface area (Å²) in [7, 11) is 0. The fourth-order valence-electron chi connectivity index (χ4n) is 4.73. The average molecular weight is 280 g/mol. The lowest BCUT2D eigenvalue weighted by molar-refractivity contribution is 0.0406. The molecule has 1 aliphatic heterocycles. The van der Waals surface area contributed by atoms with E-state index in [4.69, 9.17) is 0 Å². The molecule has 4 atom stereocenters. The summed E-state index contributed by atoms with van der Waals surface area (Å²) in [6, 6.07) is 1.47. The van der Waals surface area contributed by atoms with E-state index in [2.05, 4.69) is 31.0 Å². The van der Waals surface area contributed by atoms with Crippen molar-refractivity contribution >= 4 is 0 Å². The second-order valence-electron chi connectivity index (χ2n) is 7.02. The first-order valence-electron chi connectivity index (χ1n) is 9.27. The molecule has 20 heavy (non-hydrogen) atoms. The number of likely N-dealkylation sites (N-methyl/N-ethyl adjacent to an activating group) is 1. The van der Waals surface area contributed by atoms with Crippen molar-refractivity contribution in [3.05, 3.63) is 0 Å². The smallest absolute Gasteiger partial charge is 0.0246 e. The van der Waals surface area contributed by atoms with Gasteiger partial charge in [-0.3, -0.25) is 4.90 Å². The van der Waals surface area contributed by atoms with Gasteiger partial charge in [-0.1, -0.05) is 46.5 Å². The molecule has 1 N–H and O–H groups in total. The topological polar surface area (TPSA) is 15.3 Å². The molecule has 0 aromatic rings. The van der Waals surface area contributed by atoms with Gasteiger partial charge in [0.25, 0.3) is 0 Å². The highest BCUT2D eigenvalue weighted by Gasteiger charge is 2.35. The summed E-state index contributed by atoms with van der Waals surface area (Å²) in [5.41, 5.74) is 0. The van der Waals surface area contributed by atoms with E-state index < -0.39 is 0 Å². The van der Waals surface area contributed by atoms with Crippen molar-refractivity contribution in [3.8, 4) is 0 Å². The summed E-state index contributed by atoms with van der Waals surface area (Å²) in [5, 5.41) is 3.76. The number of piperidine rings is 1. The molecule has 1 aliphatic carbocycles. The molecule has 1 heterocycles. The van der Waals surface area contributed by atoms with Gasteiger partial charge < -0.3 is 5.32 Å². The first kappa shape index (κ1) is 16.3. The molecule has 0 aromatic heterocycles. The largest absolute Gasteiger partial charge is 0.313 e. The Kier molecular flexibility index (Phi) is 6.83. The van der Waals surface area contributed by atoms with Crippen LogP contribution in [0.4, 0.5) is 0 Å². The van der Waals surface area contributed by atoms with Crippen LogP contribution >= 0.6 is 0 Å². The van der Waals surface area contributed by atoms with E-state index in [1.54, 1.807) is 0 Å². The first-order chi connectivity index (χ1) is 9.80. The molecule has 1 saturated heterocycles. The van der Waals surface area contributed by atoms with Crippen LogP contribution < -0.4 is 5.32 Å². The minimum atomic E-state index is 0.704. The third-order valence-electron chi connectivity index (χ3n) is 5.74. The molecule has 118 valence electrons. The molecule has 2 fully saturated rings. The van der Waals surface area contributed by atoms with Crippen molar-refractivity contribution in [3.63, 3.8) is 0 Å². The summed E-state index contributed by atoms with van der Waals surface area (Å²) >= 11 is 0. The van der Waals surface area contributed by atoms with Crippen molar-refractivity contribution < 1.29 is 0 Å². The highest BCUT2D eigenvalue weighted by molar-refractivity contribution is 4.90. The van der Waals surface area contributed by atoms with Crippen molar-refractivity contribution in [1.82, 2.24) is 10.2 Å². The number of fused-ring (bicyclic) bond motifs is 1. The van der Waals surface area contributed by atoms with E-state index >= 15 is 0 Å². The van der Waals surface area contributed by atoms with E-state index in [-0.39, 0.29) is 0 Å². The van der Waals surface area contributed by atoms with Gasteiger partial charge >= 0.3 is 0 Å². The Labute approximate surface area is 126 Å². The average Bonchev–Trinajstić information content (AvgIpc) is 2.48. The van der Waals surface area contributed by atoms with Gasteiger partial charge in [-0.05, 0) is 50.6 Å². The lowest BCUT2D eigenvalue weighted by Crippen LogP contribution is -2.54. The van der Waals surface area contributed by atoms with Crippen LogP contribution in [0.3, 0.4) is 0 Å². The Bertz CT molecular complexity index is 260. The summed E-state index contributed by atoms with van der Waals surface area (Å²) in [6.07, 6.45) is 11.4. The summed E-state index contributed by atoms with van der Waals surface area (Å²) in [4.78, 5) is 2.84. The zero-order chi connectivity index (χ0) is 14.4. The Hall–Kier alpha value is -0.0800. The van der Waals surface area contributed by atoms with Crippen molar-refractivity contribution in [2.45, 2.75) is 84.2 Å². The Morgan fingerprint density at radius 1 is 1.05 bits per heavy atom. The molecule has 2 nitrogen and oxygen atoms in total. The SMILES string of the molecule is CCCC(NCC)C(CC)N1CCC2CCCCC2C1. The molecule has 2 heteroatoms. The number of hydrogen-bond acceptors (Lipinski definition) is 2. The molecule has 4 unspecified atom stereocenters. The fraction of sp³-hybridized carbons (Fsp3) is 1.00. The predicted octanol–water partition coefficient (Wildman–Crippen LogP) is 4.06. The molecule has 1 saturated carbocycles. The van der Waals surface area contributed by atoms with Crippen LogP contribution in [0, 0.1) is 11.8 Å². The number of nitrogens with one attached hydrogen (secondary N) is 1. The van der Waals surface area contributed by atoms with Crippen molar-refractivity contribution in [2.24, 2.45) is 11.8 Å². The molecule has 0 spiro atoms. The first-order valence-corrected chi connectivity index (χ1v) is 9.27. The Balaban J connectivity index is 1.95. The second kappa shape index (κ2) is 8.38. The van der Waals surface area contributed by atoms with Gasteiger partial charge in [-0.15, -0.1) is 0 Å². The maximum atomic E-state index is 3.76. The monoisotopic (exact) mass is 280 g/mol. The zero-order valence-electron chi connectivity index (χ0n) is 14.0. The van der Waals surface area contributed by atoms with E-state index in [0.717, 1.165) is 24.4 Å². The van der Waals surface area contributed by atoms with Crippen LogP contribution in [0.2, 0.25) is 0 Å².